The summed E-state index contributed by atoms with van der Waals surface area (Å²) in [5.41, 5.74) is 2.41. The summed E-state index contributed by atoms with van der Waals surface area (Å²) in [6.45, 7) is 6.57. The van der Waals surface area contributed by atoms with Crippen molar-refractivity contribution in [3.8, 4) is 11.3 Å². The van der Waals surface area contributed by atoms with Gasteiger partial charge >= 0.3 is 6.03 Å². The molecule has 3 aromatic rings. The number of rotatable bonds is 6. The lowest BCUT2D eigenvalue weighted by Crippen LogP contribution is -2.32. The molecule has 0 fully saturated rings. The van der Waals surface area contributed by atoms with Crippen molar-refractivity contribution in [1.82, 2.24) is 30.0 Å². The third-order valence-electron chi connectivity index (χ3n) is 4.01. The first-order valence-corrected chi connectivity index (χ1v) is 8.92. The average Bonchev–Trinajstić information content (AvgIpc) is 3.10. The Morgan fingerprint density at radius 1 is 1.26 bits per heavy atom. The topological polar surface area (TPSA) is 97.6 Å². The molecule has 2 N–H and O–H groups in total. The smallest absolute Gasteiger partial charge is 0.319 e. The van der Waals surface area contributed by atoms with Gasteiger partial charge in [-0.05, 0) is 38.5 Å². The van der Waals surface area contributed by atoms with E-state index in [9.17, 15) is 4.79 Å². The molecule has 0 aliphatic heterocycles. The molecule has 2 heterocycles. The Hall–Kier alpha value is -3.29. The summed E-state index contributed by atoms with van der Waals surface area (Å²) in [5.74, 6) is 1.44. The molecule has 0 aliphatic carbocycles. The number of carbonyl (C=O) groups excluding carboxylic acids is 1. The average molecular weight is 365 g/mol. The van der Waals surface area contributed by atoms with Gasteiger partial charge in [-0.1, -0.05) is 19.1 Å². The van der Waals surface area contributed by atoms with Crippen LogP contribution in [0.1, 0.15) is 38.0 Å². The summed E-state index contributed by atoms with van der Waals surface area (Å²) in [6.07, 6.45) is 4.18. The van der Waals surface area contributed by atoms with E-state index in [-0.39, 0.29) is 12.1 Å². The number of anilines is 1. The van der Waals surface area contributed by atoms with E-state index in [2.05, 4.69) is 37.6 Å². The number of hydrogen-bond donors (Lipinski definition) is 2. The number of nitrogens with zero attached hydrogens (tertiary/aromatic N) is 5. The predicted octanol–water partition coefficient (Wildman–Crippen LogP) is 3.34. The molecule has 27 heavy (non-hydrogen) atoms. The van der Waals surface area contributed by atoms with Gasteiger partial charge in [-0.3, -0.25) is 0 Å². The van der Waals surface area contributed by atoms with E-state index in [1.165, 1.54) is 6.33 Å². The molecule has 8 nitrogen and oxygen atoms in total. The maximum Gasteiger partial charge on any atom is 0.319 e. The van der Waals surface area contributed by atoms with Crippen molar-refractivity contribution in [2.45, 2.75) is 39.8 Å². The van der Waals surface area contributed by atoms with Gasteiger partial charge in [0.15, 0.2) is 0 Å². The van der Waals surface area contributed by atoms with Crippen LogP contribution in [0, 0.1) is 6.92 Å². The molecule has 8 heteroatoms. The number of amides is 2. The summed E-state index contributed by atoms with van der Waals surface area (Å²) >= 11 is 0. The molecule has 0 saturated carbocycles. The van der Waals surface area contributed by atoms with Crippen LogP contribution in [-0.4, -0.2) is 30.8 Å². The molecule has 140 valence electrons. The second-order valence-corrected chi connectivity index (χ2v) is 6.23. The third kappa shape index (κ3) is 4.66. The van der Waals surface area contributed by atoms with E-state index in [4.69, 9.17) is 0 Å². The molecule has 0 radical (unpaired) electrons. The van der Waals surface area contributed by atoms with Crippen molar-refractivity contribution < 1.29 is 4.79 Å². The van der Waals surface area contributed by atoms with Crippen LogP contribution in [0.2, 0.25) is 0 Å². The number of urea groups is 1. The zero-order valence-corrected chi connectivity index (χ0v) is 15.7. The summed E-state index contributed by atoms with van der Waals surface area (Å²) < 4.78 is 1.81. The first-order chi connectivity index (χ1) is 13.1. The van der Waals surface area contributed by atoms with Crippen LogP contribution in [0.3, 0.4) is 0 Å². The Morgan fingerprint density at radius 3 is 2.89 bits per heavy atom. The van der Waals surface area contributed by atoms with Crippen molar-refractivity contribution in [3.05, 3.63) is 54.5 Å². The largest absolute Gasteiger partial charge is 0.328 e. The lowest BCUT2D eigenvalue weighted by molar-refractivity contribution is 0.248. The standard InChI is InChI=1S/C19H23N7O/c1-4-10-26-18(21-12-22-26)13(2)23-19(27)25-16-7-5-6-15(11-16)17-8-9-20-14(3)24-17/h5-9,11-13H,4,10H2,1-3H3,(H2,23,25,27). The molecule has 0 saturated heterocycles. The Bertz CT molecular complexity index is 922. The van der Waals surface area contributed by atoms with E-state index < -0.39 is 0 Å². The van der Waals surface area contributed by atoms with Crippen molar-refractivity contribution >= 4 is 11.7 Å². The van der Waals surface area contributed by atoms with Crippen molar-refractivity contribution in [2.75, 3.05) is 5.32 Å². The van der Waals surface area contributed by atoms with Gasteiger partial charge in [0.2, 0.25) is 0 Å². The second-order valence-electron chi connectivity index (χ2n) is 6.23. The second kappa shape index (κ2) is 8.39. The Balaban J connectivity index is 1.67. The molecule has 0 bridgehead atoms. The third-order valence-corrected chi connectivity index (χ3v) is 4.01. The number of carbonyl (C=O) groups is 1. The Morgan fingerprint density at radius 2 is 2.11 bits per heavy atom. The highest BCUT2D eigenvalue weighted by atomic mass is 16.2. The van der Waals surface area contributed by atoms with Crippen molar-refractivity contribution in [1.29, 1.82) is 0 Å². The molecule has 0 aliphatic rings. The molecule has 2 amide bonds. The van der Waals surface area contributed by atoms with Crippen LogP contribution >= 0.6 is 0 Å². The van der Waals surface area contributed by atoms with Crippen LogP contribution in [0.15, 0.2) is 42.9 Å². The highest BCUT2D eigenvalue weighted by Crippen LogP contribution is 2.21. The van der Waals surface area contributed by atoms with Crippen LogP contribution in [0.25, 0.3) is 11.3 Å². The molecular weight excluding hydrogens is 342 g/mol. The number of aromatic nitrogens is 5. The quantitative estimate of drug-likeness (QED) is 0.698. The number of aryl methyl sites for hydroxylation is 2. The fourth-order valence-corrected chi connectivity index (χ4v) is 2.79. The van der Waals surface area contributed by atoms with Gasteiger partial charge in [-0.15, -0.1) is 0 Å². The molecule has 3 rings (SSSR count). The lowest BCUT2D eigenvalue weighted by atomic mass is 10.1. The molecular formula is C19H23N7O. The molecule has 2 aromatic heterocycles. The fourth-order valence-electron chi connectivity index (χ4n) is 2.79. The van der Waals surface area contributed by atoms with Crippen LogP contribution in [0.5, 0.6) is 0 Å². The van der Waals surface area contributed by atoms with Gasteiger partial charge in [-0.2, -0.15) is 5.10 Å². The van der Waals surface area contributed by atoms with E-state index in [0.717, 1.165) is 30.0 Å². The number of nitrogens with one attached hydrogen (secondary N) is 2. The zero-order chi connectivity index (χ0) is 19.2. The van der Waals surface area contributed by atoms with Crippen molar-refractivity contribution in [3.63, 3.8) is 0 Å². The van der Waals surface area contributed by atoms with Crippen molar-refractivity contribution in [2.24, 2.45) is 0 Å². The first-order valence-electron chi connectivity index (χ1n) is 8.92. The maximum absolute atomic E-state index is 12.4. The summed E-state index contributed by atoms with van der Waals surface area (Å²) in [5, 5.41) is 9.95. The lowest BCUT2D eigenvalue weighted by Gasteiger charge is -2.15. The summed E-state index contributed by atoms with van der Waals surface area (Å²) in [6, 6.07) is 8.82. The van der Waals surface area contributed by atoms with Gasteiger partial charge < -0.3 is 10.6 Å². The van der Waals surface area contributed by atoms with Gasteiger partial charge in [0.1, 0.15) is 18.0 Å². The molecule has 0 spiro atoms. The molecule has 1 atom stereocenters. The van der Waals surface area contributed by atoms with E-state index in [1.54, 1.807) is 6.20 Å². The normalized spacial score (nSPS) is 11.8. The minimum Gasteiger partial charge on any atom is -0.328 e. The van der Waals surface area contributed by atoms with Gasteiger partial charge in [0, 0.05) is 24.0 Å². The fraction of sp³-hybridized carbons (Fsp3) is 0.316. The van der Waals surface area contributed by atoms with Gasteiger partial charge in [0.25, 0.3) is 0 Å². The highest BCUT2D eigenvalue weighted by Gasteiger charge is 2.15. The Labute approximate surface area is 158 Å². The summed E-state index contributed by atoms with van der Waals surface area (Å²) in [4.78, 5) is 25.2. The zero-order valence-electron chi connectivity index (χ0n) is 15.7. The first kappa shape index (κ1) is 18.5. The molecule has 1 unspecified atom stereocenters. The summed E-state index contributed by atoms with van der Waals surface area (Å²) in [7, 11) is 0. The van der Waals surface area contributed by atoms with Crippen LogP contribution < -0.4 is 10.6 Å². The Kier molecular flexibility index (Phi) is 5.75. The SMILES string of the molecule is CCCn1ncnc1C(C)NC(=O)Nc1cccc(-c2ccnc(C)n2)c1. The highest BCUT2D eigenvalue weighted by molar-refractivity contribution is 5.90. The van der Waals surface area contributed by atoms with E-state index in [0.29, 0.717) is 11.5 Å². The minimum atomic E-state index is -0.301. The minimum absolute atomic E-state index is 0.258. The monoisotopic (exact) mass is 365 g/mol. The maximum atomic E-state index is 12.4. The van der Waals surface area contributed by atoms with Crippen LogP contribution in [0.4, 0.5) is 10.5 Å². The van der Waals surface area contributed by atoms with E-state index in [1.807, 2.05) is 48.9 Å². The van der Waals surface area contributed by atoms with E-state index >= 15 is 0 Å². The number of hydrogen-bond acceptors (Lipinski definition) is 5. The number of benzene rings is 1. The van der Waals surface area contributed by atoms with Gasteiger partial charge in [0.05, 0.1) is 11.7 Å². The molecule has 1 aromatic carbocycles. The van der Waals surface area contributed by atoms with Crippen LogP contribution in [-0.2, 0) is 6.54 Å². The van der Waals surface area contributed by atoms with Gasteiger partial charge in [-0.25, -0.2) is 24.4 Å². The predicted molar refractivity (Wildman–Crippen MR) is 103 cm³/mol.